The van der Waals surface area contributed by atoms with Crippen molar-refractivity contribution in [3.05, 3.63) is 93.0 Å². The molecule has 0 aliphatic carbocycles. The number of methoxy groups -OCH3 is 1. The number of pyridine rings is 1. The summed E-state index contributed by atoms with van der Waals surface area (Å²) >= 11 is 0. The Morgan fingerprint density at radius 2 is 1.89 bits per heavy atom. The number of aromatic nitrogens is 3. The molecule has 2 aromatic carbocycles. The third kappa shape index (κ3) is 3.01. The summed E-state index contributed by atoms with van der Waals surface area (Å²) in [6, 6.07) is 17.0. The molecule has 0 amide bonds. The van der Waals surface area contributed by atoms with E-state index in [0.29, 0.717) is 23.4 Å². The zero-order valence-corrected chi connectivity index (χ0v) is 15.0. The Morgan fingerprint density at radius 1 is 1.11 bits per heavy atom. The molecule has 0 aliphatic heterocycles. The number of nitro groups is 1. The van der Waals surface area contributed by atoms with E-state index in [9.17, 15) is 14.9 Å². The number of ether oxygens (including phenoxy) is 1. The van der Waals surface area contributed by atoms with E-state index in [4.69, 9.17) is 4.74 Å². The molecule has 4 aromatic rings. The van der Waals surface area contributed by atoms with Gasteiger partial charge in [0.05, 0.1) is 29.8 Å². The van der Waals surface area contributed by atoms with Gasteiger partial charge in [0, 0.05) is 18.3 Å². The number of rotatable bonds is 5. The fourth-order valence-corrected chi connectivity index (χ4v) is 3.13. The highest BCUT2D eigenvalue weighted by Crippen LogP contribution is 2.21. The van der Waals surface area contributed by atoms with Gasteiger partial charge in [-0.15, -0.1) is 0 Å². The van der Waals surface area contributed by atoms with Crippen LogP contribution in [-0.4, -0.2) is 26.2 Å². The van der Waals surface area contributed by atoms with Crippen molar-refractivity contribution in [3.8, 4) is 11.4 Å². The maximum Gasteiger partial charge on any atom is 0.335 e. The summed E-state index contributed by atoms with van der Waals surface area (Å²) < 4.78 is 8.16. The second kappa shape index (κ2) is 6.99. The molecule has 0 N–H and O–H groups in total. The van der Waals surface area contributed by atoms with Gasteiger partial charge in [-0.2, -0.15) is 0 Å². The van der Waals surface area contributed by atoms with Gasteiger partial charge in [-0.1, -0.05) is 18.2 Å². The lowest BCUT2D eigenvalue weighted by molar-refractivity contribution is -0.384. The van der Waals surface area contributed by atoms with Crippen LogP contribution in [0.15, 0.2) is 71.7 Å². The minimum atomic E-state index is -0.488. The second-order valence-electron chi connectivity index (χ2n) is 6.18. The van der Waals surface area contributed by atoms with Crippen molar-refractivity contribution in [2.24, 2.45) is 0 Å². The first-order chi connectivity index (χ1) is 13.6. The highest BCUT2D eigenvalue weighted by molar-refractivity contribution is 5.74. The standard InChI is InChI=1S/C20H16N4O4/c1-28-17-9-7-14(8-10-17)13-22-18-6-3-11-21-19(18)23(20(22)25)15-4-2-5-16(12-15)24(26)27/h2-12H,13H2,1H3. The smallest absolute Gasteiger partial charge is 0.335 e. The number of fused-ring (bicyclic) bond motifs is 1. The van der Waals surface area contributed by atoms with E-state index in [1.54, 1.807) is 42.1 Å². The molecule has 2 aromatic heterocycles. The molecule has 0 saturated carbocycles. The van der Waals surface area contributed by atoms with Crippen LogP contribution in [-0.2, 0) is 6.54 Å². The van der Waals surface area contributed by atoms with Crippen LogP contribution < -0.4 is 10.4 Å². The summed E-state index contributed by atoms with van der Waals surface area (Å²) in [6.07, 6.45) is 1.59. The molecule has 2 heterocycles. The maximum atomic E-state index is 13.2. The number of imidazole rings is 1. The van der Waals surface area contributed by atoms with Crippen molar-refractivity contribution in [1.29, 1.82) is 0 Å². The molecule has 0 atom stereocenters. The third-order valence-electron chi connectivity index (χ3n) is 4.49. The minimum Gasteiger partial charge on any atom is -0.497 e. The van der Waals surface area contributed by atoms with E-state index in [1.165, 1.54) is 16.7 Å². The molecular weight excluding hydrogens is 360 g/mol. The van der Waals surface area contributed by atoms with Crippen LogP contribution in [0.5, 0.6) is 5.75 Å². The Bertz CT molecular complexity index is 1230. The molecule has 0 saturated heterocycles. The summed E-state index contributed by atoms with van der Waals surface area (Å²) in [5.74, 6) is 0.733. The molecule has 140 valence electrons. The van der Waals surface area contributed by atoms with Crippen molar-refractivity contribution in [1.82, 2.24) is 14.1 Å². The number of nitrogens with zero attached hydrogens (tertiary/aromatic N) is 4. The van der Waals surface area contributed by atoms with Gasteiger partial charge in [0.15, 0.2) is 5.65 Å². The second-order valence-corrected chi connectivity index (χ2v) is 6.18. The van der Waals surface area contributed by atoms with Crippen LogP contribution in [0.3, 0.4) is 0 Å². The fourth-order valence-electron chi connectivity index (χ4n) is 3.13. The Morgan fingerprint density at radius 3 is 2.61 bits per heavy atom. The Balaban J connectivity index is 1.87. The third-order valence-corrected chi connectivity index (χ3v) is 4.49. The summed E-state index contributed by atoms with van der Waals surface area (Å²) in [4.78, 5) is 28.2. The molecule has 8 heteroatoms. The highest BCUT2D eigenvalue weighted by Gasteiger charge is 2.17. The van der Waals surface area contributed by atoms with Crippen molar-refractivity contribution in [2.75, 3.05) is 7.11 Å². The van der Waals surface area contributed by atoms with Gasteiger partial charge in [-0.3, -0.25) is 14.7 Å². The molecule has 0 spiro atoms. The van der Waals surface area contributed by atoms with Crippen molar-refractivity contribution < 1.29 is 9.66 Å². The molecule has 0 radical (unpaired) electrons. The molecule has 0 bridgehead atoms. The van der Waals surface area contributed by atoms with Crippen molar-refractivity contribution >= 4 is 16.9 Å². The van der Waals surface area contributed by atoms with E-state index >= 15 is 0 Å². The molecule has 0 unspecified atom stereocenters. The molecule has 0 aliphatic rings. The summed E-state index contributed by atoms with van der Waals surface area (Å²) in [5, 5.41) is 11.1. The van der Waals surface area contributed by atoms with Crippen LogP contribution in [0, 0.1) is 10.1 Å². The van der Waals surface area contributed by atoms with Crippen molar-refractivity contribution in [2.45, 2.75) is 6.54 Å². The first kappa shape index (κ1) is 17.5. The van der Waals surface area contributed by atoms with E-state index in [2.05, 4.69) is 4.98 Å². The zero-order valence-electron chi connectivity index (χ0n) is 15.0. The number of benzene rings is 2. The minimum absolute atomic E-state index is 0.0867. The number of non-ortho nitro benzene ring substituents is 1. The molecule has 0 fully saturated rings. The zero-order chi connectivity index (χ0) is 19.7. The average Bonchev–Trinajstić information content (AvgIpc) is 3.00. The van der Waals surface area contributed by atoms with E-state index in [1.807, 2.05) is 24.3 Å². The molecule has 28 heavy (non-hydrogen) atoms. The first-order valence-electron chi connectivity index (χ1n) is 8.52. The predicted molar refractivity (Wildman–Crippen MR) is 104 cm³/mol. The van der Waals surface area contributed by atoms with Gasteiger partial charge in [-0.05, 0) is 35.9 Å². The van der Waals surface area contributed by atoms with Gasteiger partial charge in [0.2, 0.25) is 0 Å². The van der Waals surface area contributed by atoms with Crippen LogP contribution in [0.25, 0.3) is 16.9 Å². The Labute approximate surface area is 159 Å². The van der Waals surface area contributed by atoms with Crippen molar-refractivity contribution in [3.63, 3.8) is 0 Å². The first-order valence-corrected chi connectivity index (χ1v) is 8.52. The number of hydrogen-bond acceptors (Lipinski definition) is 5. The number of hydrogen-bond donors (Lipinski definition) is 0. The Kier molecular flexibility index (Phi) is 4.36. The van der Waals surface area contributed by atoms with Gasteiger partial charge in [0.1, 0.15) is 5.75 Å². The largest absolute Gasteiger partial charge is 0.497 e. The van der Waals surface area contributed by atoms with Gasteiger partial charge >= 0.3 is 5.69 Å². The molecule has 4 rings (SSSR count). The highest BCUT2D eigenvalue weighted by atomic mass is 16.6. The van der Waals surface area contributed by atoms with E-state index < -0.39 is 4.92 Å². The van der Waals surface area contributed by atoms with E-state index in [0.717, 1.165) is 11.3 Å². The lowest BCUT2D eigenvalue weighted by atomic mass is 10.2. The molecule has 8 nitrogen and oxygen atoms in total. The topological polar surface area (TPSA) is 92.2 Å². The van der Waals surface area contributed by atoms with Crippen LogP contribution in [0.4, 0.5) is 5.69 Å². The van der Waals surface area contributed by atoms with Gasteiger partial charge < -0.3 is 4.74 Å². The van der Waals surface area contributed by atoms with E-state index in [-0.39, 0.29) is 11.4 Å². The number of nitro benzene ring substituents is 1. The normalized spacial score (nSPS) is 10.9. The van der Waals surface area contributed by atoms with Crippen LogP contribution in [0.1, 0.15) is 5.56 Å². The van der Waals surface area contributed by atoms with Crippen LogP contribution >= 0.6 is 0 Å². The summed E-state index contributed by atoms with van der Waals surface area (Å²) in [5.41, 5.74) is 2.01. The quantitative estimate of drug-likeness (QED) is 0.394. The Hall–Kier alpha value is -3.94. The van der Waals surface area contributed by atoms with Crippen LogP contribution in [0.2, 0.25) is 0 Å². The summed E-state index contributed by atoms with van der Waals surface area (Å²) in [7, 11) is 1.60. The molecular formula is C20H16N4O4. The lowest BCUT2D eigenvalue weighted by Gasteiger charge is -2.05. The van der Waals surface area contributed by atoms with Gasteiger partial charge in [-0.25, -0.2) is 14.3 Å². The fraction of sp³-hybridized carbons (Fsp3) is 0.100. The SMILES string of the molecule is COc1ccc(Cn2c(=O)n(-c3cccc([N+](=O)[O-])c3)c3ncccc32)cc1. The predicted octanol–water partition coefficient (Wildman–Crippen LogP) is 3.15. The maximum absolute atomic E-state index is 13.2. The lowest BCUT2D eigenvalue weighted by Crippen LogP contribution is -2.23. The monoisotopic (exact) mass is 376 g/mol. The average molecular weight is 376 g/mol. The van der Waals surface area contributed by atoms with Gasteiger partial charge in [0.25, 0.3) is 5.69 Å². The summed E-state index contributed by atoms with van der Waals surface area (Å²) in [6.45, 7) is 0.340.